The number of nitro groups is 1. The summed E-state index contributed by atoms with van der Waals surface area (Å²) in [6.07, 6.45) is -0.823. The van der Waals surface area contributed by atoms with Crippen molar-refractivity contribution in [1.29, 1.82) is 0 Å². The summed E-state index contributed by atoms with van der Waals surface area (Å²) in [4.78, 5) is 14.3. The van der Waals surface area contributed by atoms with Crippen LogP contribution in [-0.2, 0) is 0 Å². The number of nitrogens with zero attached hydrogens (tertiary/aromatic N) is 2. The van der Waals surface area contributed by atoms with Crippen LogP contribution in [0.4, 0.5) is 11.7 Å². The number of nitrogens with one attached hydrogen (secondary N) is 1. The van der Waals surface area contributed by atoms with E-state index in [1.54, 1.807) is 6.07 Å². The van der Waals surface area contributed by atoms with Crippen molar-refractivity contribution in [3.05, 3.63) is 64.2 Å². The summed E-state index contributed by atoms with van der Waals surface area (Å²) in [6.45, 7) is 0.185. The summed E-state index contributed by atoms with van der Waals surface area (Å²) in [5.41, 5.74) is 1.96. The molecule has 1 aromatic heterocycles. The highest BCUT2D eigenvalue weighted by Crippen LogP contribution is 2.21. The molecule has 0 saturated carbocycles. The van der Waals surface area contributed by atoms with E-state index < -0.39 is 11.0 Å². The number of anilines is 1. The van der Waals surface area contributed by atoms with Crippen molar-refractivity contribution >= 4 is 22.8 Å². The molecule has 0 saturated heterocycles. The van der Waals surface area contributed by atoms with Crippen LogP contribution in [0.2, 0.25) is 0 Å². The average molecular weight is 299 g/mol. The first-order valence-electron chi connectivity index (χ1n) is 6.65. The minimum absolute atomic E-state index is 0.0112. The van der Waals surface area contributed by atoms with Gasteiger partial charge in [-0.2, -0.15) is 4.98 Å². The minimum Gasteiger partial charge on any atom is -0.424 e. The zero-order valence-corrected chi connectivity index (χ0v) is 11.5. The molecule has 3 aromatic rings. The largest absolute Gasteiger partial charge is 0.424 e. The predicted molar refractivity (Wildman–Crippen MR) is 80.6 cm³/mol. The quantitative estimate of drug-likeness (QED) is 0.555. The summed E-state index contributed by atoms with van der Waals surface area (Å²) < 4.78 is 5.48. The van der Waals surface area contributed by atoms with Crippen LogP contribution in [0, 0.1) is 10.1 Å². The molecule has 0 aliphatic heterocycles. The molecule has 7 heteroatoms. The summed E-state index contributed by atoms with van der Waals surface area (Å²) in [5.74, 6) is 0. The second-order valence-electron chi connectivity index (χ2n) is 4.73. The van der Waals surface area contributed by atoms with Crippen molar-refractivity contribution in [3.63, 3.8) is 0 Å². The summed E-state index contributed by atoms with van der Waals surface area (Å²) in [6, 6.07) is 13.4. The lowest BCUT2D eigenvalue weighted by molar-refractivity contribution is -0.384. The third-order valence-electron chi connectivity index (χ3n) is 3.23. The highest BCUT2D eigenvalue weighted by Gasteiger charge is 2.12. The molecule has 7 nitrogen and oxygen atoms in total. The van der Waals surface area contributed by atoms with E-state index in [0.29, 0.717) is 17.2 Å². The number of fused-ring (bicyclic) bond motifs is 1. The van der Waals surface area contributed by atoms with Crippen molar-refractivity contribution in [3.8, 4) is 0 Å². The fourth-order valence-electron chi connectivity index (χ4n) is 2.07. The van der Waals surface area contributed by atoms with E-state index in [0.717, 1.165) is 5.52 Å². The molecule has 0 amide bonds. The minimum atomic E-state index is -0.823. The van der Waals surface area contributed by atoms with E-state index in [1.165, 1.54) is 24.3 Å². The maximum atomic E-state index is 10.6. The smallest absolute Gasteiger partial charge is 0.295 e. The average Bonchev–Trinajstić information content (AvgIpc) is 2.95. The summed E-state index contributed by atoms with van der Waals surface area (Å²) >= 11 is 0. The molecule has 22 heavy (non-hydrogen) atoms. The standard InChI is InChI=1S/C15H13N3O4/c19-13(10-5-7-11(8-6-10)18(20)21)9-16-15-17-12-3-1-2-4-14(12)22-15/h1-8,13,19H,9H2,(H,16,17)/t13-/m1/s1. The summed E-state index contributed by atoms with van der Waals surface area (Å²) in [5, 5.41) is 23.6. The highest BCUT2D eigenvalue weighted by atomic mass is 16.6. The number of nitro benzene ring substituents is 1. The van der Waals surface area contributed by atoms with Crippen LogP contribution in [0.3, 0.4) is 0 Å². The number of aliphatic hydroxyl groups excluding tert-OH is 1. The second-order valence-corrected chi connectivity index (χ2v) is 4.73. The van der Waals surface area contributed by atoms with Crippen LogP contribution in [0.1, 0.15) is 11.7 Å². The zero-order chi connectivity index (χ0) is 15.5. The van der Waals surface area contributed by atoms with Crippen molar-refractivity contribution in [2.45, 2.75) is 6.10 Å². The fraction of sp³-hybridized carbons (Fsp3) is 0.133. The monoisotopic (exact) mass is 299 g/mol. The molecular formula is C15H13N3O4. The fourth-order valence-corrected chi connectivity index (χ4v) is 2.07. The van der Waals surface area contributed by atoms with E-state index in [-0.39, 0.29) is 12.2 Å². The van der Waals surface area contributed by atoms with Gasteiger partial charge in [0.05, 0.1) is 11.0 Å². The van der Waals surface area contributed by atoms with Crippen molar-refractivity contribution in [2.75, 3.05) is 11.9 Å². The Bertz CT molecular complexity index is 765. The first-order valence-corrected chi connectivity index (χ1v) is 6.65. The zero-order valence-electron chi connectivity index (χ0n) is 11.5. The molecule has 0 radical (unpaired) electrons. The lowest BCUT2D eigenvalue weighted by atomic mass is 10.1. The summed E-state index contributed by atoms with van der Waals surface area (Å²) in [7, 11) is 0. The predicted octanol–water partition coefficient (Wildman–Crippen LogP) is 2.88. The van der Waals surface area contributed by atoms with Gasteiger partial charge >= 0.3 is 0 Å². The second kappa shape index (κ2) is 5.82. The Balaban J connectivity index is 1.66. The molecule has 0 unspecified atom stereocenters. The normalized spacial score (nSPS) is 12.2. The van der Waals surface area contributed by atoms with Crippen molar-refractivity contribution in [1.82, 2.24) is 4.98 Å². The Labute approximate surface area is 125 Å². The lowest BCUT2D eigenvalue weighted by Crippen LogP contribution is -2.12. The lowest BCUT2D eigenvalue weighted by Gasteiger charge is -2.10. The first-order chi connectivity index (χ1) is 10.6. The van der Waals surface area contributed by atoms with Crippen LogP contribution in [-0.4, -0.2) is 21.6 Å². The van der Waals surface area contributed by atoms with E-state index in [1.807, 2.05) is 18.2 Å². The van der Waals surface area contributed by atoms with Crippen LogP contribution in [0.25, 0.3) is 11.1 Å². The van der Waals surface area contributed by atoms with Gasteiger partial charge in [0, 0.05) is 18.7 Å². The van der Waals surface area contributed by atoms with Crippen molar-refractivity contribution in [2.24, 2.45) is 0 Å². The number of rotatable bonds is 5. The molecular weight excluding hydrogens is 286 g/mol. The Morgan fingerprint density at radius 2 is 1.95 bits per heavy atom. The van der Waals surface area contributed by atoms with Gasteiger partial charge in [0.2, 0.25) is 0 Å². The SMILES string of the molecule is O=[N+]([O-])c1ccc([C@H](O)CNc2nc3ccccc3o2)cc1. The molecule has 0 spiro atoms. The van der Waals surface area contributed by atoms with Gasteiger partial charge in [0.15, 0.2) is 5.58 Å². The Kier molecular flexibility index (Phi) is 3.71. The van der Waals surface area contributed by atoms with Crippen LogP contribution in [0.5, 0.6) is 0 Å². The highest BCUT2D eigenvalue weighted by molar-refractivity contribution is 5.74. The van der Waals surface area contributed by atoms with Gasteiger partial charge < -0.3 is 14.8 Å². The third kappa shape index (κ3) is 2.89. The number of aliphatic hydroxyl groups is 1. The van der Waals surface area contributed by atoms with E-state index >= 15 is 0 Å². The Hall–Kier alpha value is -2.93. The molecule has 0 aliphatic carbocycles. The number of hydrogen-bond acceptors (Lipinski definition) is 6. The number of para-hydroxylation sites is 2. The molecule has 2 aromatic carbocycles. The maximum Gasteiger partial charge on any atom is 0.295 e. The molecule has 112 valence electrons. The van der Waals surface area contributed by atoms with Gasteiger partial charge in [0.25, 0.3) is 11.7 Å². The topological polar surface area (TPSA) is 101 Å². The van der Waals surface area contributed by atoms with Gasteiger partial charge in [-0.15, -0.1) is 0 Å². The molecule has 0 fully saturated rings. The molecule has 3 rings (SSSR count). The Morgan fingerprint density at radius 1 is 1.23 bits per heavy atom. The van der Waals surface area contributed by atoms with E-state index in [4.69, 9.17) is 4.42 Å². The number of benzene rings is 2. The molecule has 0 bridgehead atoms. The number of non-ortho nitro benzene ring substituents is 1. The van der Waals surface area contributed by atoms with Gasteiger partial charge in [0.1, 0.15) is 5.52 Å². The molecule has 1 heterocycles. The van der Waals surface area contributed by atoms with Crippen LogP contribution >= 0.6 is 0 Å². The number of hydrogen-bond donors (Lipinski definition) is 2. The van der Waals surface area contributed by atoms with Crippen LogP contribution < -0.4 is 5.32 Å². The number of oxazole rings is 1. The Morgan fingerprint density at radius 3 is 2.64 bits per heavy atom. The van der Waals surface area contributed by atoms with Gasteiger partial charge in [-0.3, -0.25) is 10.1 Å². The van der Waals surface area contributed by atoms with Gasteiger partial charge in [-0.25, -0.2) is 0 Å². The molecule has 1 atom stereocenters. The molecule has 2 N–H and O–H groups in total. The van der Waals surface area contributed by atoms with E-state index in [9.17, 15) is 15.2 Å². The first kappa shape index (κ1) is 14.0. The van der Waals surface area contributed by atoms with E-state index in [2.05, 4.69) is 10.3 Å². The third-order valence-corrected chi connectivity index (χ3v) is 3.23. The van der Waals surface area contributed by atoms with Gasteiger partial charge in [-0.1, -0.05) is 12.1 Å². The van der Waals surface area contributed by atoms with Crippen LogP contribution in [0.15, 0.2) is 52.9 Å². The number of aromatic nitrogens is 1. The van der Waals surface area contributed by atoms with Crippen molar-refractivity contribution < 1.29 is 14.4 Å². The van der Waals surface area contributed by atoms with Gasteiger partial charge in [-0.05, 0) is 29.8 Å². The molecule has 0 aliphatic rings. The maximum absolute atomic E-state index is 10.6.